The SMILES string of the molecule is C[C@]12CCC(=O)C=C1CC[C@H]1[C@H]2C(=O)C[C@@]2(C)/C(=C/C(=O)O)CC[C@H]12. The fourth-order valence-electron chi connectivity index (χ4n) is 6.62. The van der Waals surface area contributed by atoms with E-state index in [1.807, 2.05) is 6.08 Å². The smallest absolute Gasteiger partial charge is 0.328 e. The lowest BCUT2D eigenvalue weighted by molar-refractivity contribution is -0.143. The van der Waals surface area contributed by atoms with E-state index >= 15 is 0 Å². The molecule has 4 heteroatoms. The average molecular weight is 342 g/mol. The van der Waals surface area contributed by atoms with Crippen LogP contribution in [-0.4, -0.2) is 22.6 Å². The van der Waals surface area contributed by atoms with Gasteiger partial charge in [0.1, 0.15) is 5.78 Å². The van der Waals surface area contributed by atoms with Gasteiger partial charge in [0.05, 0.1) is 0 Å². The molecule has 0 radical (unpaired) electrons. The van der Waals surface area contributed by atoms with Gasteiger partial charge in [0.15, 0.2) is 5.78 Å². The van der Waals surface area contributed by atoms with Gasteiger partial charge in [-0.05, 0) is 60.8 Å². The number of hydrogen-bond donors (Lipinski definition) is 1. The Morgan fingerprint density at radius 1 is 1.16 bits per heavy atom. The Bertz CT molecular complexity index is 730. The van der Waals surface area contributed by atoms with Gasteiger partial charge >= 0.3 is 5.97 Å². The predicted octanol–water partition coefficient (Wildman–Crippen LogP) is 3.71. The first-order chi connectivity index (χ1) is 11.8. The lowest BCUT2D eigenvalue weighted by Crippen LogP contribution is -2.54. The van der Waals surface area contributed by atoms with Crippen LogP contribution in [0.2, 0.25) is 0 Å². The van der Waals surface area contributed by atoms with E-state index in [1.165, 1.54) is 11.6 Å². The molecule has 4 nitrogen and oxygen atoms in total. The summed E-state index contributed by atoms with van der Waals surface area (Å²) in [5.74, 6) is 0.287. The third kappa shape index (κ3) is 2.29. The van der Waals surface area contributed by atoms with Crippen LogP contribution in [0.25, 0.3) is 0 Å². The van der Waals surface area contributed by atoms with Crippen molar-refractivity contribution < 1.29 is 19.5 Å². The summed E-state index contributed by atoms with van der Waals surface area (Å²) in [7, 11) is 0. The third-order valence-corrected chi connectivity index (χ3v) is 7.80. The zero-order valence-electron chi connectivity index (χ0n) is 15.0. The van der Waals surface area contributed by atoms with Crippen molar-refractivity contribution in [2.75, 3.05) is 0 Å². The standard InChI is InChI=1S/C21H26O4/c1-20-8-7-14(22)9-12(20)3-5-15-16-6-4-13(10-18(24)25)21(16,2)11-17(23)19(15)20/h9-10,15-16,19H,3-8,11H2,1-2H3,(H,24,25)/b13-10+/t15-,16-,19+,20+,21+/m1/s1. The molecule has 25 heavy (non-hydrogen) atoms. The number of carbonyl (C=O) groups is 3. The molecule has 0 aromatic rings. The molecule has 4 aliphatic rings. The largest absolute Gasteiger partial charge is 0.478 e. The van der Waals surface area contributed by atoms with Crippen LogP contribution in [-0.2, 0) is 14.4 Å². The molecular weight excluding hydrogens is 316 g/mol. The maximum atomic E-state index is 13.3. The highest BCUT2D eigenvalue weighted by atomic mass is 16.4. The molecule has 134 valence electrons. The van der Waals surface area contributed by atoms with Crippen LogP contribution in [0.4, 0.5) is 0 Å². The van der Waals surface area contributed by atoms with Gasteiger partial charge in [-0.3, -0.25) is 9.59 Å². The number of carbonyl (C=O) groups excluding carboxylic acids is 2. The van der Waals surface area contributed by atoms with Gasteiger partial charge in [-0.2, -0.15) is 0 Å². The number of fused-ring (bicyclic) bond motifs is 5. The summed E-state index contributed by atoms with van der Waals surface area (Å²) < 4.78 is 0. The summed E-state index contributed by atoms with van der Waals surface area (Å²) in [6.07, 6.45) is 8.57. The van der Waals surface area contributed by atoms with E-state index in [2.05, 4.69) is 13.8 Å². The number of carboxylic acids is 1. The van der Waals surface area contributed by atoms with E-state index in [4.69, 9.17) is 0 Å². The van der Waals surface area contributed by atoms with Crippen molar-refractivity contribution >= 4 is 17.5 Å². The predicted molar refractivity (Wildman–Crippen MR) is 92.8 cm³/mol. The van der Waals surface area contributed by atoms with E-state index in [0.717, 1.165) is 37.7 Å². The lowest BCUT2D eigenvalue weighted by atomic mass is 9.47. The lowest BCUT2D eigenvalue weighted by Gasteiger charge is -2.56. The Hall–Kier alpha value is -1.71. The molecule has 0 aromatic heterocycles. The third-order valence-electron chi connectivity index (χ3n) is 7.80. The van der Waals surface area contributed by atoms with E-state index in [9.17, 15) is 19.5 Å². The molecule has 0 aliphatic heterocycles. The number of hydrogen-bond acceptors (Lipinski definition) is 3. The average Bonchev–Trinajstić information content (AvgIpc) is 2.83. The molecule has 5 atom stereocenters. The Balaban J connectivity index is 1.74. The Kier molecular flexibility index (Phi) is 3.61. The first kappa shape index (κ1) is 16.7. The van der Waals surface area contributed by atoms with Gasteiger partial charge in [0, 0.05) is 24.8 Å². The fraction of sp³-hybridized carbons (Fsp3) is 0.667. The summed E-state index contributed by atoms with van der Waals surface area (Å²) >= 11 is 0. The molecule has 0 heterocycles. The van der Waals surface area contributed by atoms with E-state index in [1.54, 1.807) is 0 Å². The molecule has 1 N–H and O–H groups in total. The van der Waals surface area contributed by atoms with E-state index < -0.39 is 5.97 Å². The van der Waals surface area contributed by atoms with Crippen LogP contribution in [0, 0.1) is 28.6 Å². The van der Waals surface area contributed by atoms with Gasteiger partial charge in [0.25, 0.3) is 0 Å². The maximum absolute atomic E-state index is 13.3. The number of carboxylic acid groups (broad SMARTS) is 1. The second-order valence-corrected chi connectivity index (χ2v) is 8.95. The van der Waals surface area contributed by atoms with Crippen LogP contribution in [0.3, 0.4) is 0 Å². The minimum absolute atomic E-state index is 0.00264. The van der Waals surface area contributed by atoms with Crippen LogP contribution in [0.5, 0.6) is 0 Å². The molecule has 0 saturated heterocycles. The van der Waals surface area contributed by atoms with Crippen molar-refractivity contribution in [3.63, 3.8) is 0 Å². The molecule has 3 saturated carbocycles. The van der Waals surface area contributed by atoms with Gasteiger partial charge in [-0.25, -0.2) is 4.79 Å². The number of aliphatic carboxylic acids is 1. The summed E-state index contributed by atoms with van der Waals surface area (Å²) in [4.78, 5) is 36.3. The highest BCUT2D eigenvalue weighted by molar-refractivity contribution is 5.93. The number of ketones is 2. The molecule has 0 aromatic carbocycles. The van der Waals surface area contributed by atoms with Crippen molar-refractivity contribution in [1.29, 1.82) is 0 Å². The van der Waals surface area contributed by atoms with Crippen LogP contribution in [0.1, 0.15) is 58.8 Å². The first-order valence-corrected chi connectivity index (χ1v) is 9.46. The Morgan fingerprint density at radius 2 is 1.92 bits per heavy atom. The second-order valence-electron chi connectivity index (χ2n) is 8.95. The molecule has 0 spiro atoms. The normalized spacial score (nSPS) is 44.8. The van der Waals surface area contributed by atoms with E-state index in [0.29, 0.717) is 24.7 Å². The van der Waals surface area contributed by atoms with Crippen molar-refractivity contribution in [2.45, 2.75) is 58.8 Å². The van der Waals surface area contributed by atoms with Crippen LogP contribution >= 0.6 is 0 Å². The molecule has 0 amide bonds. The van der Waals surface area contributed by atoms with Crippen molar-refractivity contribution in [2.24, 2.45) is 28.6 Å². The Morgan fingerprint density at radius 3 is 2.64 bits per heavy atom. The van der Waals surface area contributed by atoms with Gasteiger partial charge in [-0.1, -0.05) is 25.0 Å². The number of rotatable bonds is 1. The minimum atomic E-state index is -0.905. The molecule has 0 bridgehead atoms. The van der Waals surface area contributed by atoms with Crippen LogP contribution < -0.4 is 0 Å². The number of allylic oxidation sites excluding steroid dienone is 2. The van der Waals surface area contributed by atoms with Crippen LogP contribution in [0.15, 0.2) is 23.3 Å². The molecule has 3 fully saturated rings. The summed E-state index contributed by atoms with van der Waals surface area (Å²) in [6, 6.07) is 0. The van der Waals surface area contributed by atoms with E-state index in [-0.39, 0.29) is 28.3 Å². The topological polar surface area (TPSA) is 71.4 Å². The molecule has 4 aliphatic carbocycles. The minimum Gasteiger partial charge on any atom is -0.478 e. The molecular formula is C21H26O4. The second kappa shape index (κ2) is 5.39. The monoisotopic (exact) mass is 342 g/mol. The van der Waals surface area contributed by atoms with Gasteiger partial charge in [0.2, 0.25) is 0 Å². The van der Waals surface area contributed by atoms with Gasteiger partial charge in [-0.15, -0.1) is 0 Å². The summed E-state index contributed by atoms with van der Waals surface area (Å²) in [5.41, 5.74) is 1.66. The molecule has 0 unspecified atom stereocenters. The zero-order valence-corrected chi connectivity index (χ0v) is 15.0. The first-order valence-electron chi connectivity index (χ1n) is 9.46. The quantitative estimate of drug-likeness (QED) is 0.738. The summed E-state index contributed by atoms with van der Waals surface area (Å²) in [5, 5.41) is 9.20. The zero-order chi connectivity index (χ0) is 18.0. The van der Waals surface area contributed by atoms with Crippen molar-refractivity contribution in [3.8, 4) is 0 Å². The molecule has 4 rings (SSSR count). The summed E-state index contributed by atoms with van der Waals surface area (Å²) in [6.45, 7) is 4.29. The van der Waals surface area contributed by atoms with Gasteiger partial charge < -0.3 is 5.11 Å². The number of Topliss-reactive ketones (excluding diaryl/α,β-unsaturated/α-hetero) is 1. The fourth-order valence-corrected chi connectivity index (χ4v) is 6.62. The highest BCUT2D eigenvalue weighted by Crippen LogP contribution is 2.65. The van der Waals surface area contributed by atoms with Crippen molar-refractivity contribution in [1.82, 2.24) is 0 Å². The maximum Gasteiger partial charge on any atom is 0.328 e. The highest BCUT2D eigenvalue weighted by Gasteiger charge is 2.60. The Labute approximate surface area is 148 Å². The van der Waals surface area contributed by atoms with Crippen molar-refractivity contribution in [3.05, 3.63) is 23.3 Å².